The number of fused-ring (bicyclic) bond motifs is 2. The van der Waals surface area contributed by atoms with Gasteiger partial charge in [-0.25, -0.2) is 12.8 Å². The molecule has 94 valence electrons. The van der Waals surface area contributed by atoms with Crippen molar-refractivity contribution in [1.29, 1.82) is 0 Å². The van der Waals surface area contributed by atoms with Crippen molar-refractivity contribution in [1.82, 2.24) is 0 Å². The second-order valence-corrected chi connectivity index (χ2v) is 6.58. The van der Waals surface area contributed by atoms with Crippen LogP contribution in [0.3, 0.4) is 0 Å². The molecule has 18 heavy (non-hydrogen) atoms. The van der Waals surface area contributed by atoms with E-state index in [1.54, 1.807) is 6.08 Å². The first-order chi connectivity index (χ1) is 8.41. The third kappa shape index (κ3) is 1.37. The SMILES string of the molecule is CC1=CC2=C(C1)c1cc(F)ccc1N(C)S2(=O)=O. The van der Waals surface area contributed by atoms with Gasteiger partial charge in [0.25, 0.3) is 10.0 Å². The molecule has 0 saturated heterocycles. The number of anilines is 1. The lowest BCUT2D eigenvalue weighted by atomic mass is 10.0. The molecule has 0 spiro atoms. The van der Waals surface area contributed by atoms with E-state index >= 15 is 0 Å². The van der Waals surface area contributed by atoms with Gasteiger partial charge in [-0.1, -0.05) is 5.57 Å². The maximum atomic E-state index is 13.4. The van der Waals surface area contributed by atoms with Crippen LogP contribution in [0.4, 0.5) is 10.1 Å². The lowest BCUT2D eigenvalue weighted by Gasteiger charge is -2.28. The van der Waals surface area contributed by atoms with Gasteiger partial charge >= 0.3 is 0 Å². The molecule has 0 bridgehead atoms. The summed E-state index contributed by atoms with van der Waals surface area (Å²) in [6.07, 6.45) is 2.24. The third-order valence-electron chi connectivity index (χ3n) is 3.39. The van der Waals surface area contributed by atoms with Gasteiger partial charge in [0, 0.05) is 12.6 Å². The Bertz CT molecular complexity index is 717. The monoisotopic (exact) mass is 265 g/mol. The van der Waals surface area contributed by atoms with E-state index in [4.69, 9.17) is 0 Å². The van der Waals surface area contributed by atoms with Crippen molar-refractivity contribution in [3.63, 3.8) is 0 Å². The van der Waals surface area contributed by atoms with Gasteiger partial charge < -0.3 is 0 Å². The van der Waals surface area contributed by atoms with E-state index in [0.29, 0.717) is 28.1 Å². The topological polar surface area (TPSA) is 37.4 Å². The van der Waals surface area contributed by atoms with Crippen LogP contribution in [-0.2, 0) is 10.0 Å². The highest BCUT2D eigenvalue weighted by Crippen LogP contribution is 2.45. The number of hydrogen-bond acceptors (Lipinski definition) is 2. The Kier molecular flexibility index (Phi) is 2.20. The average Bonchev–Trinajstić information content (AvgIpc) is 2.70. The van der Waals surface area contributed by atoms with Crippen LogP contribution in [-0.4, -0.2) is 15.5 Å². The molecule has 0 N–H and O–H groups in total. The molecule has 3 nitrogen and oxygen atoms in total. The molecule has 0 aromatic heterocycles. The van der Waals surface area contributed by atoms with Gasteiger partial charge in [0.1, 0.15) is 5.82 Å². The van der Waals surface area contributed by atoms with E-state index in [2.05, 4.69) is 0 Å². The summed E-state index contributed by atoms with van der Waals surface area (Å²) in [7, 11) is -1.99. The first-order valence-electron chi connectivity index (χ1n) is 5.60. The molecule has 0 unspecified atom stereocenters. The summed E-state index contributed by atoms with van der Waals surface area (Å²) in [4.78, 5) is 0.306. The van der Waals surface area contributed by atoms with Gasteiger partial charge in [0.15, 0.2) is 0 Å². The second kappa shape index (κ2) is 3.45. The maximum absolute atomic E-state index is 13.4. The van der Waals surface area contributed by atoms with Crippen molar-refractivity contribution < 1.29 is 12.8 Å². The molecule has 3 rings (SSSR count). The predicted molar refractivity (Wildman–Crippen MR) is 69.0 cm³/mol. The van der Waals surface area contributed by atoms with Crippen molar-refractivity contribution in [3.05, 3.63) is 46.1 Å². The first kappa shape index (κ1) is 11.5. The fourth-order valence-corrected chi connectivity index (χ4v) is 4.04. The highest BCUT2D eigenvalue weighted by atomic mass is 32.2. The summed E-state index contributed by atoms with van der Waals surface area (Å²) in [6.45, 7) is 1.88. The largest absolute Gasteiger partial charge is 0.269 e. The Morgan fingerprint density at radius 1 is 1.33 bits per heavy atom. The van der Waals surface area contributed by atoms with E-state index in [0.717, 1.165) is 5.57 Å². The molecule has 2 aliphatic rings. The van der Waals surface area contributed by atoms with Gasteiger partial charge in [-0.3, -0.25) is 4.31 Å². The fraction of sp³-hybridized carbons (Fsp3) is 0.231. The molecule has 1 aliphatic carbocycles. The van der Waals surface area contributed by atoms with Gasteiger partial charge in [0.05, 0.1) is 10.6 Å². The van der Waals surface area contributed by atoms with E-state index < -0.39 is 10.0 Å². The summed E-state index contributed by atoms with van der Waals surface area (Å²) in [5, 5.41) is 0. The Hall–Kier alpha value is -1.62. The van der Waals surface area contributed by atoms with Gasteiger partial charge in [-0.05, 0) is 43.2 Å². The van der Waals surface area contributed by atoms with Crippen LogP contribution in [0.2, 0.25) is 0 Å². The zero-order valence-corrected chi connectivity index (χ0v) is 10.9. The number of nitrogens with zero attached hydrogens (tertiary/aromatic N) is 1. The van der Waals surface area contributed by atoms with E-state index in [1.807, 2.05) is 6.92 Å². The molecule has 0 fully saturated rings. The Morgan fingerprint density at radius 3 is 2.78 bits per heavy atom. The molecule has 1 aliphatic heterocycles. The lowest BCUT2D eigenvalue weighted by molar-refractivity contribution is 0.600. The van der Waals surface area contributed by atoms with E-state index in [-0.39, 0.29) is 5.82 Å². The van der Waals surface area contributed by atoms with Crippen molar-refractivity contribution in [2.75, 3.05) is 11.4 Å². The predicted octanol–water partition coefficient (Wildman–Crippen LogP) is 2.67. The lowest BCUT2D eigenvalue weighted by Crippen LogP contribution is -2.31. The molecular weight excluding hydrogens is 253 g/mol. The molecular formula is C13H12FNO2S. The summed E-state index contributed by atoms with van der Waals surface area (Å²) >= 11 is 0. The number of halogens is 1. The zero-order valence-electron chi connectivity index (χ0n) is 10.1. The zero-order chi connectivity index (χ0) is 13.1. The Morgan fingerprint density at radius 2 is 2.06 bits per heavy atom. The molecule has 1 aromatic rings. The number of hydrogen-bond donors (Lipinski definition) is 0. The van der Waals surface area contributed by atoms with Crippen LogP contribution in [0.1, 0.15) is 18.9 Å². The molecule has 5 heteroatoms. The van der Waals surface area contributed by atoms with Crippen LogP contribution in [0.25, 0.3) is 5.57 Å². The minimum atomic E-state index is -3.48. The second-order valence-electron chi connectivity index (χ2n) is 4.64. The molecule has 0 atom stereocenters. The Balaban J connectivity index is 2.36. The minimum Gasteiger partial charge on any atom is -0.269 e. The van der Waals surface area contributed by atoms with Crippen LogP contribution in [0.5, 0.6) is 0 Å². The number of sulfonamides is 1. The number of rotatable bonds is 0. The normalized spacial score (nSPS) is 20.6. The molecule has 0 amide bonds. The summed E-state index contributed by atoms with van der Waals surface area (Å²) in [5.74, 6) is -0.349. The summed E-state index contributed by atoms with van der Waals surface area (Å²) < 4.78 is 39.2. The van der Waals surface area contributed by atoms with Crippen molar-refractivity contribution in [2.45, 2.75) is 13.3 Å². The van der Waals surface area contributed by atoms with Crippen LogP contribution >= 0.6 is 0 Å². The van der Waals surface area contributed by atoms with Crippen LogP contribution in [0, 0.1) is 5.82 Å². The molecule has 0 saturated carbocycles. The average molecular weight is 265 g/mol. The third-order valence-corrected chi connectivity index (χ3v) is 5.23. The number of allylic oxidation sites excluding steroid dienone is 3. The fourth-order valence-electron chi connectivity index (χ4n) is 2.49. The quantitative estimate of drug-likeness (QED) is 0.723. The maximum Gasteiger partial charge on any atom is 0.264 e. The van der Waals surface area contributed by atoms with Crippen LogP contribution in [0.15, 0.2) is 34.8 Å². The smallest absolute Gasteiger partial charge is 0.264 e. The summed E-state index contributed by atoms with van der Waals surface area (Å²) in [6, 6.07) is 4.20. The van der Waals surface area contributed by atoms with Crippen molar-refractivity contribution in [2.24, 2.45) is 0 Å². The highest BCUT2D eigenvalue weighted by Gasteiger charge is 2.36. The molecule has 1 heterocycles. The van der Waals surface area contributed by atoms with Crippen molar-refractivity contribution >= 4 is 21.3 Å². The molecule has 1 aromatic carbocycles. The minimum absolute atomic E-state index is 0.306. The number of benzene rings is 1. The standard InChI is InChI=1S/C13H12FNO2S/c1-8-5-11-10-7-9(14)3-4-12(10)15(2)18(16,17)13(11)6-8/h3-4,6-7H,5H2,1-2H3. The molecule has 0 radical (unpaired) electrons. The van der Waals surface area contributed by atoms with E-state index in [9.17, 15) is 12.8 Å². The highest BCUT2D eigenvalue weighted by molar-refractivity contribution is 7.97. The Labute approximate surface area is 105 Å². The first-order valence-corrected chi connectivity index (χ1v) is 7.04. The summed E-state index contributed by atoms with van der Waals surface area (Å²) in [5.41, 5.74) is 2.91. The van der Waals surface area contributed by atoms with Gasteiger partial charge in [0.2, 0.25) is 0 Å². The van der Waals surface area contributed by atoms with Crippen molar-refractivity contribution in [3.8, 4) is 0 Å². The van der Waals surface area contributed by atoms with Gasteiger partial charge in [-0.15, -0.1) is 0 Å². The van der Waals surface area contributed by atoms with E-state index in [1.165, 1.54) is 29.6 Å². The van der Waals surface area contributed by atoms with Gasteiger partial charge in [-0.2, -0.15) is 0 Å². The van der Waals surface area contributed by atoms with Crippen LogP contribution < -0.4 is 4.31 Å².